The fraction of sp³-hybridized carbons (Fsp3) is 0.800. The molecule has 0 aromatic heterocycles. The van der Waals surface area contributed by atoms with Crippen LogP contribution in [0.4, 0.5) is 4.79 Å². The number of fused-ring (bicyclic) bond motifs is 1. The number of rotatable bonds is 0. The van der Waals surface area contributed by atoms with Crippen LogP contribution < -0.4 is 0 Å². The third kappa shape index (κ3) is 1.38. The van der Waals surface area contributed by atoms with E-state index in [0.717, 1.165) is 19.3 Å². The standard InChI is InChI=1S/C10H15NO3/c1-14-10(13)11-8-5-3-2-4-7(8)6-9(11)12/h7-8H,2-6H2,1H3/t7-,8-/m1/s1. The number of likely N-dealkylation sites (tertiary alicyclic amines) is 1. The van der Waals surface area contributed by atoms with Gasteiger partial charge >= 0.3 is 6.09 Å². The van der Waals surface area contributed by atoms with Crippen LogP contribution in [-0.2, 0) is 9.53 Å². The zero-order chi connectivity index (χ0) is 10.1. The van der Waals surface area contributed by atoms with E-state index in [4.69, 9.17) is 0 Å². The minimum atomic E-state index is -0.482. The second-order valence-corrected chi connectivity index (χ2v) is 4.05. The number of carbonyl (C=O) groups is 2. The van der Waals surface area contributed by atoms with Gasteiger partial charge in [0.2, 0.25) is 5.91 Å². The van der Waals surface area contributed by atoms with E-state index in [1.165, 1.54) is 18.4 Å². The smallest absolute Gasteiger partial charge is 0.416 e. The second kappa shape index (κ2) is 3.59. The lowest BCUT2D eigenvalue weighted by atomic mass is 9.85. The SMILES string of the molecule is COC(=O)N1C(=O)C[C@H]2CCCC[C@H]21. The first-order valence-corrected chi connectivity index (χ1v) is 5.14. The van der Waals surface area contributed by atoms with Crippen molar-refractivity contribution in [1.29, 1.82) is 0 Å². The molecule has 0 spiro atoms. The van der Waals surface area contributed by atoms with Gasteiger partial charge in [0.25, 0.3) is 0 Å². The number of carbonyl (C=O) groups excluding carboxylic acids is 2. The first-order chi connectivity index (χ1) is 6.74. The van der Waals surface area contributed by atoms with Crippen molar-refractivity contribution in [3.8, 4) is 0 Å². The van der Waals surface area contributed by atoms with Gasteiger partial charge in [-0.25, -0.2) is 9.69 Å². The molecule has 0 unspecified atom stereocenters. The second-order valence-electron chi connectivity index (χ2n) is 4.05. The molecule has 2 aliphatic rings. The fourth-order valence-corrected chi connectivity index (χ4v) is 2.61. The van der Waals surface area contributed by atoms with Crippen molar-refractivity contribution < 1.29 is 14.3 Å². The van der Waals surface area contributed by atoms with E-state index in [1.807, 2.05) is 0 Å². The Labute approximate surface area is 83.2 Å². The molecular weight excluding hydrogens is 182 g/mol. The summed E-state index contributed by atoms with van der Waals surface area (Å²) >= 11 is 0. The van der Waals surface area contributed by atoms with Crippen molar-refractivity contribution in [2.24, 2.45) is 5.92 Å². The molecule has 2 rings (SSSR count). The Morgan fingerprint density at radius 3 is 2.86 bits per heavy atom. The topological polar surface area (TPSA) is 46.6 Å². The van der Waals surface area contributed by atoms with Gasteiger partial charge in [0, 0.05) is 12.5 Å². The highest BCUT2D eigenvalue weighted by Gasteiger charge is 2.44. The Balaban J connectivity index is 2.15. The Hall–Kier alpha value is -1.06. The van der Waals surface area contributed by atoms with Crippen molar-refractivity contribution in [2.45, 2.75) is 38.1 Å². The summed E-state index contributed by atoms with van der Waals surface area (Å²) < 4.78 is 4.62. The van der Waals surface area contributed by atoms with Crippen LogP contribution in [0.25, 0.3) is 0 Å². The van der Waals surface area contributed by atoms with E-state index < -0.39 is 6.09 Å². The highest BCUT2D eigenvalue weighted by molar-refractivity contribution is 5.94. The van der Waals surface area contributed by atoms with E-state index >= 15 is 0 Å². The normalized spacial score (nSPS) is 31.5. The molecule has 1 saturated carbocycles. The molecular formula is C10H15NO3. The van der Waals surface area contributed by atoms with Crippen molar-refractivity contribution in [3.63, 3.8) is 0 Å². The monoisotopic (exact) mass is 197 g/mol. The molecule has 1 aliphatic heterocycles. The Kier molecular flexibility index (Phi) is 2.44. The molecule has 4 heteroatoms. The predicted molar refractivity (Wildman–Crippen MR) is 49.6 cm³/mol. The summed E-state index contributed by atoms with van der Waals surface area (Å²) in [6, 6.07) is 0.115. The molecule has 1 saturated heterocycles. The van der Waals surface area contributed by atoms with Crippen LogP contribution in [-0.4, -0.2) is 30.1 Å². The molecule has 2 atom stereocenters. The molecule has 0 aromatic rings. The molecule has 1 aliphatic carbocycles. The van der Waals surface area contributed by atoms with Gasteiger partial charge in [0.05, 0.1) is 7.11 Å². The van der Waals surface area contributed by atoms with Gasteiger partial charge in [-0.15, -0.1) is 0 Å². The number of hydrogen-bond donors (Lipinski definition) is 0. The largest absolute Gasteiger partial charge is 0.452 e. The average Bonchev–Trinajstić information content (AvgIpc) is 2.53. The van der Waals surface area contributed by atoms with Gasteiger partial charge in [0.1, 0.15) is 0 Å². The van der Waals surface area contributed by atoms with E-state index in [2.05, 4.69) is 4.74 Å². The number of amides is 2. The first-order valence-electron chi connectivity index (χ1n) is 5.14. The van der Waals surface area contributed by atoms with Crippen LogP contribution >= 0.6 is 0 Å². The van der Waals surface area contributed by atoms with Gasteiger partial charge in [-0.2, -0.15) is 0 Å². The van der Waals surface area contributed by atoms with Gasteiger partial charge in [-0.05, 0) is 18.8 Å². The number of methoxy groups -OCH3 is 1. The van der Waals surface area contributed by atoms with E-state index in [1.54, 1.807) is 0 Å². The lowest BCUT2D eigenvalue weighted by Crippen LogP contribution is -2.41. The molecule has 0 radical (unpaired) electrons. The number of nitrogens with zero attached hydrogens (tertiary/aromatic N) is 1. The zero-order valence-electron chi connectivity index (χ0n) is 8.36. The minimum absolute atomic E-state index is 0.0613. The van der Waals surface area contributed by atoms with Crippen molar-refractivity contribution in [3.05, 3.63) is 0 Å². The van der Waals surface area contributed by atoms with E-state index in [9.17, 15) is 9.59 Å². The van der Waals surface area contributed by atoms with Crippen LogP contribution in [0.1, 0.15) is 32.1 Å². The molecule has 4 nitrogen and oxygen atoms in total. The van der Waals surface area contributed by atoms with Gasteiger partial charge in [-0.3, -0.25) is 4.79 Å². The molecule has 1 heterocycles. The molecule has 2 amide bonds. The quantitative estimate of drug-likeness (QED) is 0.591. The summed E-state index contributed by atoms with van der Waals surface area (Å²) in [5.41, 5.74) is 0. The third-order valence-electron chi connectivity index (χ3n) is 3.28. The number of hydrogen-bond acceptors (Lipinski definition) is 3. The zero-order valence-corrected chi connectivity index (χ0v) is 8.36. The maximum absolute atomic E-state index is 11.6. The van der Waals surface area contributed by atoms with Crippen LogP contribution in [0.5, 0.6) is 0 Å². The summed E-state index contributed by atoms with van der Waals surface area (Å²) in [7, 11) is 1.33. The highest BCUT2D eigenvalue weighted by atomic mass is 16.5. The Bertz CT molecular complexity index is 264. The average molecular weight is 197 g/mol. The molecule has 78 valence electrons. The Morgan fingerprint density at radius 1 is 1.43 bits per heavy atom. The van der Waals surface area contributed by atoms with Crippen LogP contribution in [0.2, 0.25) is 0 Å². The van der Waals surface area contributed by atoms with Gasteiger partial charge in [0.15, 0.2) is 0 Å². The van der Waals surface area contributed by atoms with Crippen molar-refractivity contribution in [2.75, 3.05) is 7.11 Å². The lowest BCUT2D eigenvalue weighted by Gasteiger charge is -2.29. The van der Waals surface area contributed by atoms with Gasteiger partial charge in [-0.1, -0.05) is 12.8 Å². The minimum Gasteiger partial charge on any atom is -0.452 e. The molecule has 14 heavy (non-hydrogen) atoms. The number of imide groups is 1. The summed E-state index contributed by atoms with van der Waals surface area (Å²) in [5.74, 6) is 0.323. The highest BCUT2D eigenvalue weighted by Crippen LogP contribution is 2.36. The van der Waals surface area contributed by atoms with Crippen LogP contribution in [0, 0.1) is 5.92 Å². The Morgan fingerprint density at radius 2 is 2.14 bits per heavy atom. The van der Waals surface area contributed by atoms with Crippen LogP contribution in [0.3, 0.4) is 0 Å². The predicted octanol–water partition coefficient (Wildman–Crippen LogP) is 1.54. The summed E-state index contributed by atoms with van der Waals surface area (Å²) in [6.07, 6.45) is 4.37. The molecule has 0 aromatic carbocycles. The third-order valence-corrected chi connectivity index (χ3v) is 3.28. The van der Waals surface area contributed by atoms with E-state index in [-0.39, 0.29) is 11.9 Å². The molecule has 2 fully saturated rings. The molecule has 0 N–H and O–H groups in total. The first kappa shape index (κ1) is 9.49. The van der Waals surface area contributed by atoms with Gasteiger partial charge < -0.3 is 4.74 Å². The summed E-state index contributed by atoms with van der Waals surface area (Å²) in [6.45, 7) is 0. The van der Waals surface area contributed by atoms with E-state index in [0.29, 0.717) is 12.3 Å². The maximum Gasteiger partial charge on any atom is 0.416 e. The molecule has 0 bridgehead atoms. The van der Waals surface area contributed by atoms with Crippen LogP contribution in [0.15, 0.2) is 0 Å². The summed E-state index contributed by atoms with van der Waals surface area (Å²) in [4.78, 5) is 24.3. The number of ether oxygens (including phenoxy) is 1. The lowest BCUT2D eigenvalue weighted by molar-refractivity contribution is -0.127. The van der Waals surface area contributed by atoms with Crippen molar-refractivity contribution in [1.82, 2.24) is 4.90 Å². The maximum atomic E-state index is 11.6. The summed E-state index contributed by atoms with van der Waals surface area (Å²) in [5, 5.41) is 0. The fourth-order valence-electron chi connectivity index (χ4n) is 2.61. The van der Waals surface area contributed by atoms with Crippen molar-refractivity contribution >= 4 is 12.0 Å².